The molecule has 1 aromatic heterocycles. The third-order valence-corrected chi connectivity index (χ3v) is 3.52. The van der Waals surface area contributed by atoms with Gasteiger partial charge < -0.3 is 5.73 Å². The minimum absolute atomic E-state index is 0.00477. The molecule has 0 fully saturated rings. The lowest BCUT2D eigenvalue weighted by molar-refractivity contribution is 0.605. The van der Waals surface area contributed by atoms with Crippen LogP contribution in [0.1, 0.15) is 28.8 Å². The van der Waals surface area contributed by atoms with E-state index >= 15 is 0 Å². The first kappa shape index (κ1) is 8.20. The van der Waals surface area contributed by atoms with Crippen LogP contribution in [0.25, 0.3) is 0 Å². The molecule has 1 nitrogen and oxygen atoms in total. The van der Waals surface area contributed by atoms with Gasteiger partial charge in [0.25, 0.3) is 0 Å². The molecule has 0 atom stereocenters. The predicted octanol–water partition coefficient (Wildman–Crippen LogP) is 2.22. The third-order valence-electron chi connectivity index (χ3n) is 2.44. The van der Waals surface area contributed by atoms with E-state index in [-0.39, 0.29) is 5.13 Å². The molecule has 1 aromatic rings. The molecule has 0 radical (unpaired) electrons. The van der Waals surface area contributed by atoms with Gasteiger partial charge in [0.2, 0.25) is 0 Å². The second-order valence-electron chi connectivity index (χ2n) is 3.17. The first-order chi connectivity index (χ1) is 5.83. The van der Waals surface area contributed by atoms with Crippen molar-refractivity contribution in [2.24, 2.45) is 5.73 Å². The van der Waals surface area contributed by atoms with Crippen LogP contribution in [0.4, 0.5) is 4.39 Å². The van der Waals surface area contributed by atoms with Crippen LogP contribution in [0.3, 0.4) is 0 Å². The smallest absolute Gasteiger partial charge is 0.180 e. The molecule has 0 aromatic carbocycles. The molecule has 1 aliphatic rings. The molecule has 0 aliphatic heterocycles. The summed E-state index contributed by atoms with van der Waals surface area (Å²) < 4.78 is 13.2. The Balaban J connectivity index is 2.47. The largest absolute Gasteiger partial charge is 0.326 e. The summed E-state index contributed by atoms with van der Waals surface area (Å²) >= 11 is 1.24. The minimum Gasteiger partial charge on any atom is -0.326 e. The van der Waals surface area contributed by atoms with Gasteiger partial charge in [-0.05, 0) is 31.2 Å². The molecule has 66 valence electrons. The van der Waals surface area contributed by atoms with Crippen molar-refractivity contribution in [2.75, 3.05) is 0 Å². The highest BCUT2D eigenvalue weighted by Gasteiger charge is 2.19. The molecule has 1 aliphatic carbocycles. The topological polar surface area (TPSA) is 26.0 Å². The fraction of sp³-hybridized carbons (Fsp3) is 0.556. The van der Waals surface area contributed by atoms with E-state index in [9.17, 15) is 4.39 Å². The van der Waals surface area contributed by atoms with Crippen molar-refractivity contribution in [1.82, 2.24) is 0 Å². The fourth-order valence-electron chi connectivity index (χ4n) is 1.83. The number of hydrogen-bond donors (Lipinski definition) is 1. The molecular weight excluding hydrogens is 173 g/mol. The summed E-state index contributed by atoms with van der Waals surface area (Å²) in [4.78, 5) is 1.06. The van der Waals surface area contributed by atoms with Crippen LogP contribution in [-0.4, -0.2) is 0 Å². The Morgan fingerprint density at radius 3 is 2.58 bits per heavy atom. The summed E-state index contributed by atoms with van der Waals surface area (Å²) in [5.74, 6) is 0. The van der Waals surface area contributed by atoms with Crippen LogP contribution in [0.2, 0.25) is 0 Å². The fourth-order valence-corrected chi connectivity index (χ4v) is 2.82. The van der Waals surface area contributed by atoms with Crippen molar-refractivity contribution >= 4 is 11.3 Å². The Kier molecular flexibility index (Phi) is 2.15. The van der Waals surface area contributed by atoms with E-state index in [0.29, 0.717) is 6.54 Å². The highest BCUT2D eigenvalue weighted by molar-refractivity contribution is 7.10. The molecule has 2 rings (SSSR count). The molecular formula is C9H12FNS. The summed E-state index contributed by atoms with van der Waals surface area (Å²) in [5, 5.41) is 0.00477. The van der Waals surface area contributed by atoms with Gasteiger partial charge in [-0.3, -0.25) is 0 Å². The zero-order chi connectivity index (χ0) is 8.55. The van der Waals surface area contributed by atoms with E-state index in [4.69, 9.17) is 5.73 Å². The molecule has 0 spiro atoms. The number of fused-ring (bicyclic) bond motifs is 1. The van der Waals surface area contributed by atoms with Crippen LogP contribution in [0.5, 0.6) is 0 Å². The molecule has 0 bridgehead atoms. The van der Waals surface area contributed by atoms with Crippen LogP contribution in [0, 0.1) is 5.13 Å². The molecule has 0 amide bonds. The summed E-state index contributed by atoms with van der Waals surface area (Å²) in [7, 11) is 0. The Labute approximate surface area is 75.4 Å². The number of hydrogen-bond acceptors (Lipinski definition) is 2. The Bertz CT molecular complexity index is 293. The van der Waals surface area contributed by atoms with Gasteiger partial charge in [0.05, 0.1) is 0 Å². The number of nitrogens with two attached hydrogens (primary N) is 1. The van der Waals surface area contributed by atoms with Crippen molar-refractivity contribution < 1.29 is 4.39 Å². The monoisotopic (exact) mass is 185 g/mol. The zero-order valence-corrected chi connectivity index (χ0v) is 7.72. The number of halogens is 1. The lowest BCUT2D eigenvalue weighted by atomic mass is 9.94. The van der Waals surface area contributed by atoms with Crippen LogP contribution in [-0.2, 0) is 19.4 Å². The Hall–Kier alpha value is -0.410. The highest BCUT2D eigenvalue weighted by Crippen LogP contribution is 2.32. The molecule has 0 saturated carbocycles. The minimum atomic E-state index is 0.00477. The highest BCUT2D eigenvalue weighted by atomic mass is 32.1. The average molecular weight is 185 g/mol. The zero-order valence-electron chi connectivity index (χ0n) is 6.90. The van der Waals surface area contributed by atoms with Gasteiger partial charge in [0, 0.05) is 17.0 Å². The predicted molar refractivity (Wildman–Crippen MR) is 48.8 cm³/mol. The number of thiophene rings is 1. The van der Waals surface area contributed by atoms with Crippen molar-refractivity contribution in [3.63, 3.8) is 0 Å². The SMILES string of the molecule is NCc1sc(F)c2c1CCCC2. The van der Waals surface area contributed by atoms with Crippen LogP contribution in [0.15, 0.2) is 0 Å². The molecule has 3 heteroatoms. The first-order valence-corrected chi connectivity index (χ1v) is 5.13. The molecule has 2 N–H and O–H groups in total. The van der Waals surface area contributed by atoms with Crippen LogP contribution >= 0.6 is 11.3 Å². The average Bonchev–Trinajstić information content (AvgIpc) is 2.44. The summed E-state index contributed by atoms with van der Waals surface area (Å²) in [6.07, 6.45) is 4.26. The Morgan fingerprint density at radius 1 is 1.25 bits per heavy atom. The van der Waals surface area contributed by atoms with E-state index in [0.717, 1.165) is 29.7 Å². The van der Waals surface area contributed by atoms with Gasteiger partial charge in [-0.25, -0.2) is 0 Å². The van der Waals surface area contributed by atoms with Gasteiger partial charge in [-0.1, -0.05) is 0 Å². The van der Waals surface area contributed by atoms with E-state index in [1.165, 1.54) is 23.3 Å². The number of rotatable bonds is 1. The van der Waals surface area contributed by atoms with Crippen molar-refractivity contribution in [3.05, 3.63) is 21.1 Å². The summed E-state index contributed by atoms with van der Waals surface area (Å²) in [6, 6.07) is 0. The Morgan fingerprint density at radius 2 is 1.92 bits per heavy atom. The van der Waals surface area contributed by atoms with Crippen molar-refractivity contribution in [1.29, 1.82) is 0 Å². The third kappa shape index (κ3) is 1.17. The van der Waals surface area contributed by atoms with Crippen LogP contribution < -0.4 is 5.73 Å². The van der Waals surface area contributed by atoms with Crippen molar-refractivity contribution in [3.8, 4) is 0 Å². The summed E-state index contributed by atoms with van der Waals surface area (Å²) in [5.41, 5.74) is 7.70. The van der Waals surface area contributed by atoms with Crippen molar-refractivity contribution in [2.45, 2.75) is 32.2 Å². The van der Waals surface area contributed by atoms with Gasteiger partial charge >= 0.3 is 0 Å². The second-order valence-corrected chi connectivity index (χ2v) is 4.22. The maximum absolute atomic E-state index is 13.2. The quantitative estimate of drug-likeness (QED) is 0.713. The van der Waals surface area contributed by atoms with Gasteiger partial charge in [-0.2, -0.15) is 4.39 Å². The van der Waals surface area contributed by atoms with Gasteiger partial charge in [0.1, 0.15) is 0 Å². The van der Waals surface area contributed by atoms with Gasteiger partial charge in [0.15, 0.2) is 5.13 Å². The lowest BCUT2D eigenvalue weighted by Gasteiger charge is -2.11. The van der Waals surface area contributed by atoms with E-state index in [1.807, 2.05) is 0 Å². The van der Waals surface area contributed by atoms with Gasteiger partial charge in [-0.15, -0.1) is 11.3 Å². The molecule has 0 saturated heterocycles. The lowest BCUT2D eigenvalue weighted by Crippen LogP contribution is -2.04. The van der Waals surface area contributed by atoms with E-state index in [1.54, 1.807) is 0 Å². The standard InChI is InChI=1S/C9H12FNS/c10-9-7-4-2-1-3-6(7)8(5-11)12-9/h1-5,11H2. The van der Waals surface area contributed by atoms with E-state index < -0.39 is 0 Å². The molecule has 0 unspecified atom stereocenters. The molecule has 1 heterocycles. The molecule has 12 heavy (non-hydrogen) atoms. The maximum Gasteiger partial charge on any atom is 0.180 e. The van der Waals surface area contributed by atoms with E-state index in [2.05, 4.69) is 0 Å². The summed E-state index contributed by atoms with van der Waals surface area (Å²) in [6.45, 7) is 0.497. The maximum atomic E-state index is 13.2. The second kappa shape index (κ2) is 3.15. The first-order valence-electron chi connectivity index (χ1n) is 4.32. The normalized spacial score (nSPS) is 16.2.